The SMILES string of the molecule is C=C(C)[C@@H]1CC=C(C)C(=NNc2ccccc2[N+](=O)[O-])C1. The van der Waals surface area contributed by atoms with E-state index in [1.165, 1.54) is 6.07 Å². The maximum Gasteiger partial charge on any atom is 0.294 e. The van der Waals surface area contributed by atoms with Gasteiger partial charge >= 0.3 is 0 Å². The van der Waals surface area contributed by atoms with Crippen molar-refractivity contribution in [3.8, 4) is 0 Å². The number of nitro groups is 1. The van der Waals surface area contributed by atoms with Crippen LogP contribution in [-0.4, -0.2) is 10.6 Å². The van der Waals surface area contributed by atoms with Gasteiger partial charge in [0.2, 0.25) is 0 Å². The molecule has 1 aliphatic carbocycles. The zero-order valence-electron chi connectivity index (χ0n) is 12.3. The van der Waals surface area contributed by atoms with Crippen LogP contribution in [0.2, 0.25) is 0 Å². The summed E-state index contributed by atoms with van der Waals surface area (Å²) < 4.78 is 0. The minimum atomic E-state index is -0.414. The summed E-state index contributed by atoms with van der Waals surface area (Å²) in [6.45, 7) is 8.03. The first-order valence-corrected chi connectivity index (χ1v) is 6.87. The lowest BCUT2D eigenvalue weighted by atomic mass is 9.85. The van der Waals surface area contributed by atoms with Crippen molar-refractivity contribution in [3.05, 3.63) is 58.2 Å². The first-order chi connectivity index (χ1) is 9.99. The van der Waals surface area contributed by atoms with Gasteiger partial charge in [0, 0.05) is 6.07 Å². The van der Waals surface area contributed by atoms with Gasteiger partial charge in [0.15, 0.2) is 0 Å². The minimum Gasteiger partial charge on any atom is -0.271 e. The molecule has 1 N–H and O–H groups in total. The average molecular weight is 285 g/mol. The number of benzene rings is 1. The van der Waals surface area contributed by atoms with Crippen molar-refractivity contribution in [3.63, 3.8) is 0 Å². The lowest BCUT2D eigenvalue weighted by Gasteiger charge is -2.22. The molecule has 0 unspecified atom stereocenters. The molecule has 0 saturated heterocycles. The number of anilines is 1. The molecule has 0 aliphatic heterocycles. The van der Waals surface area contributed by atoms with E-state index in [0.29, 0.717) is 11.6 Å². The number of hydrogen-bond donors (Lipinski definition) is 1. The van der Waals surface area contributed by atoms with Gasteiger partial charge in [0.1, 0.15) is 5.69 Å². The minimum absolute atomic E-state index is 0.0238. The monoisotopic (exact) mass is 285 g/mol. The topological polar surface area (TPSA) is 67.5 Å². The second kappa shape index (κ2) is 6.35. The molecule has 0 aromatic heterocycles. The van der Waals surface area contributed by atoms with Crippen LogP contribution in [0.5, 0.6) is 0 Å². The second-order valence-electron chi connectivity index (χ2n) is 5.31. The molecule has 0 fully saturated rings. The second-order valence-corrected chi connectivity index (χ2v) is 5.31. The third kappa shape index (κ3) is 3.56. The van der Waals surface area contributed by atoms with Crippen LogP contribution >= 0.6 is 0 Å². The average Bonchev–Trinajstić information content (AvgIpc) is 2.46. The highest BCUT2D eigenvalue weighted by Gasteiger charge is 2.19. The van der Waals surface area contributed by atoms with E-state index >= 15 is 0 Å². The van der Waals surface area contributed by atoms with Crippen LogP contribution in [0.25, 0.3) is 0 Å². The van der Waals surface area contributed by atoms with Crippen LogP contribution in [0.4, 0.5) is 11.4 Å². The zero-order chi connectivity index (χ0) is 15.4. The highest BCUT2D eigenvalue weighted by molar-refractivity contribution is 6.01. The van der Waals surface area contributed by atoms with Crippen LogP contribution < -0.4 is 5.43 Å². The molecule has 0 heterocycles. The van der Waals surface area contributed by atoms with Gasteiger partial charge in [-0.15, -0.1) is 0 Å². The van der Waals surface area contributed by atoms with Crippen molar-refractivity contribution in [1.29, 1.82) is 0 Å². The van der Waals surface area contributed by atoms with Crippen LogP contribution in [-0.2, 0) is 0 Å². The van der Waals surface area contributed by atoms with Gasteiger partial charge in [-0.2, -0.15) is 5.10 Å². The first-order valence-electron chi connectivity index (χ1n) is 6.87. The third-order valence-corrected chi connectivity index (χ3v) is 3.71. The normalized spacial score (nSPS) is 20.0. The Labute approximate surface area is 124 Å². The Hall–Kier alpha value is -2.43. The summed E-state index contributed by atoms with van der Waals surface area (Å²) >= 11 is 0. The van der Waals surface area contributed by atoms with Crippen LogP contribution in [0.15, 0.2) is 53.2 Å². The molecule has 2 rings (SSSR count). The largest absolute Gasteiger partial charge is 0.294 e. The van der Waals surface area contributed by atoms with Crippen molar-refractivity contribution < 1.29 is 4.92 Å². The van der Waals surface area contributed by atoms with Gasteiger partial charge in [0.25, 0.3) is 5.69 Å². The van der Waals surface area contributed by atoms with Crippen molar-refractivity contribution in [2.75, 3.05) is 5.43 Å². The van der Waals surface area contributed by atoms with Gasteiger partial charge in [-0.25, -0.2) is 0 Å². The smallest absolute Gasteiger partial charge is 0.271 e. The molecule has 5 nitrogen and oxygen atoms in total. The van der Waals surface area contributed by atoms with E-state index in [1.54, 1.807) is 18.2 Å². The summed E-state index contributed by atoms with van der Waals surface area (Å²) in [5, 5.41) is 15.3. The maximum atomic E-state index is 11.0. The maximum absolute atomic E-state index is 11.0. The Morgan fingerprint density at radius 1 is 1.48 bits per heavy atom. The number of hydrazone groups is 1. The third-order valence-electron chi connectivity index (χ3n) is 3.71. The quantitative estimate of drug-likeness (QED) is 0.509. The van der Waals surface area contributed by atoms with Gasteiger partial charge in [0.05, 0.1) is 10.6 Å². The van der Waals surface area contributed by atoms with Crippen LogP contribution in [0.3, 0.4) is 0 Å². The Morgan fingerprint density at radius 3 is 2.86 bits per heavy atom. The molecule has 1 aliphatic rings. The molecule has 5 heteroatoms. The molecular formula is C16H19N3O2. The predicted molar refractivity (Wildman–Crippen MR) is 85.4 cm³/mol. The summed E-state index contributed by atoms with van der Waals surface area (Å²) in [5.41, 5.74) is 6.43. The summed E-state index contributed by atoms with van der Waals surface area (Å²) in [5.74, 6) is 0.389. The molecule has 110 valence electrons. The molecule has 1 aromatic carbocycles. The molecule has 0 radical (unpaired) electrons. The molecule has 1 atom stereocenters. The molecular weight excluding hydrogens is 266 g/mol. The molecule has 21 heavy (non-hydrogen) atoms. The number of para-hydroxylation sites is 2. The number of rotatable bonds is 4. The van der Waals surface area contributed by atoms with Gasteiger partial charge in [-0.05, 0) is 44.2 Å². The fourth-order valence-corrected chi connectivity index (χ4v) is 2.28. The fourth-order valence-electron chi connectivity index (χ4n) is 2.28. The highest BCUT2D eigenvalue weighted by Crippen LogP contribution is 2.28. The summed E-state index contributed by atoms with van der Waals surface area (Å²) in [6, 6.07) is 6.50. The number of allylic oxidation sites excluding steroid dienone is 3. The molecule has 0 bridgehead atoms. The Kier molecular flexibility index (Phi) is 4.52. The fraction of sp³-hybridized carbons (Fsp3) is 0.312. The van der Waals surface area contributed by atoms with E-state index < -0.39 is 4.92 Å². The number of nitrogens with one attached hydrogen (secondary N) is 1. The summed E-state index contributed by atoms with van der Waals surface area (Å²) in [6.07, 6.45) is 3.93. The van der Waals surface area contributed by atoms with E-state index in [-0.39, 0.29) is 5.69 Å². The summed E-state index contributed by atoms with van der Waals surface area (Å²) in [4.78, 5) is 10.6. The molecule has 0 saturated carbocycles. The lowest BCUT2D eigenvalue weighted by molar-refractivity contribution is -0.384. The summed E-state index contributed by atoms with van der Waals surface area (Å²) in [7, 11) is 0. The highest BCUT2D eigenvalue weighted by atomic mass is 16.6. The first kappa shape index (κ1) is 15.0. The van der Waals surface area contributed by atoms with E-state index in [9.17, 15) is 10.1 Å². The lowest BCUT2D eigenvalue weighted by Crippen LogP contribution is -2.16. The van der Waals surface area contributed by atoms with E-state index in [2.05, 4.69) is 23.2 Å². The zero-order valence-corrected chi connectivity index (χ0v) is 12.3. The van der Waals surface area contributed by atoms with Crippen LogP contribution in [0.1, 0.15) is 26.7 Å². The van der Waals surface area contributed by atoms with Gasteiger partial charge < -0.3 is 0 Å². The van der Waals surface area contributed by atoms with E-state index in [1.807, 2.05) is 13.8 Å². The van der Waals surface area contributed by atoms with Crippen molar-refractivity contribution in [1.82, 2.24) is 0 Å². The predicted octanol–water partition coefficient (Wildman–Crippen LogP) is 4.30. The van der Waals surface area contributed by atoms with E-state index in [4.69, 9.17) is 0 Å². The van der Waals surface area contributed by atoms with Gasteiger partial charge in [-0.3, -0.25) is 15.5 Å². The number of nitro benzene ring substituents is 1. The molecule has 0 spiro atoms. The van der Waals surface area contributed by atoms with Crippen molar-refractivity contribution in [2.24, 2.45) is 11.0 Å². The van der Waals surface area contributed by atoms with Crippen molar-refractivity contribution >= 4 is 17.1 Å². The van der Waals surface area contributed by atoms with Crippen LogP contribution in [0, 0.1) is 16.0 Å². The number of hydrogen-bond acceptors (Lipinski definition) is 4. The Morgan fingerprint density at radius 2 is 2.19 bits per heavy atom. The Bertz CT molecular complexity index is 632. The molecule has 0 amide bonds. The Balaban J connectivity index is 2.21. The standard InChI is InChI=1S/C16H19N3O2/c1-11(2)13-9-8-12(3)15(10-13)18-17-14-6-4-5-7-16(14)19(20)21/h4-8,13,17H,1,9-10H2,2-3H3/t13-/m1/s1. The van der Waals surface area contributed by atoms with Gasteiger partial charge in [-0.1, -0.05) is 30.4 Å². The number of nitrogens with zero attached hydrogens (tertiary/aromatic N) is 2. The van der Waals surface area contributed by atoms with Crippen molar-refractivity contribution in [2.45, 2.75) is 26.7 Å². The van der Waals surface area contributed by atoms with E-state index in [0.717, 1.165) is 29.7 Å². The molecule has 1 aromatic rings.